The van der Waals surface area contributed by atoms with E-state index in [1.165, 1.54) is 0 Å². The lowest BCUT2D eigenvalue weighted by atomic mass is 10.3. The monoisotopic (exact) mass is 278 g/mol. The molecule has 19 heavy (non-hydrogen) atoms. The van der Waals surface area contributed by atoms with E-state index in [2.05, 4.69) is 15.0 Å². The molecule has 0 radical (unpaired) electrons. The maximum atomic E-state index is 11.7. The SMILES string of the molecule is CCOC(=O)c1nc(-c2ccccn2)nc(N)c1Cl. The predicted molar refractivity (Wildman–Crippen MR) is 70.6 cm³/mol. The number of nitrogen functional groups attached to an aromatic ring is 1. The van der Waals surface area contributed by atoms with E-state index in [-0.39, 0.29) is 29.0 Å². The van der Waals surface area contributed by atoms with Crippen molar-refractivity contribution in [1.82, 2.24) is 15.0 Å². The molecule has 0 atom stereocenters. The van der Waals surface area contributed by atoms with E-state index in [0.717, 1.165) is 0 Å². The third-order valence-corrected chi connectivity index (χ3v) is 2.61. The number of anilines is 1. The second kappa shape index (κ2) is 5.62. The number of pyridine rings is 1. The average molecular weight is 279 g/mol. The fourth-order valence-corrected chi connectivity index (χ4v) is 1.57. The summed E-state index contributed by atoms with van der Waals surface area (Å²) >= 11 is 5.91. The van der Waals surface area contributed by atoms with Crippen LogP contribution in [0.1, 0.15) is 17.4 Å². The number of carbonyl (C=O) groups excluding carboxylic acids is 1. The van der Waals surface area contributed by atoms with Crippen molar-refractivity contribution in [2.24, 2.45) is 0 Å². The quantitative estimate of drug-likeness (QED) is 0.863. The fraction of sp³-hybridized carbons (Fsp3) is 0.167. The Morgan fingerprint density at radius 2 is 2.21 bits per heavy atom. The third-order valence-electron chi connectivity index (χ3n) is 2.24. The van der Waals surface area contributed by atoms with Crippen molar-refractivity contribution >= 4 is 23.4 Å². The van der Waals surface area contributed by atoms with Crippen LogP contribution in [0, 0.1) is 0 Å². The number of nitrogens with two attached hydrogens (primary N) is 1. The van der Waals surface area contributed by atoms with E-state index >= 15 is 0 Å². The molecular formula is C12H11ClN4O2. The Morgan fingerprint density at radius 1 is 1.42 bits per heavy atom. The lowest BCUT2D eigenvalue weighted by Gasteiger charge is -2.07. The molecule has 0 bridgehead atoms. The highest BCUT2D eigenvalue weighted by Gasteiger charge is 2.19. The first kappa shape index (κ1) is 13.2. The van der Waals surface area contributed by atoms with Gasteiger partial charge < -0.3 is 10.5 Å². The van der Waals surface area contributed by atoms with Crippen molar-refractivity contribution in [3.05, 3.63) is 35.1 Å². The second-order valence-corrected chi connectivity index (χ2v) is 3.91. The van der Waals surface area contributed by atoms with Crippen molar-refractivity contribution in [2.75, 3.05) is 12.3 Å². The van der Waals surface area contributed by atoms with Crippen LogP contribution in [0.25, 0.3) is 11.5 Å². The van der Waals surface area contributed by atoms with Crippen LogP contribution in [0.2, 0.25) is 5.02 Å². The van der Waals surface area contributed by atoms with Gasteiger partial charge in [0, 0.05) is 6.20 Å². The summed E-state index contributed by atoms with van der Waals surface area (Å²) in [6.45, 7) is 1.91. The van der Waals surface area contributed by atoms with Crippen molar-refractivity contribution < 1.29 is 9.53 Å². The van der Waals surface area contributed by atoms with E-state index in [0.29, 0.717) is 5.69 Å². The largest absolute Gasteiger partial charge is 0.461 e. The van der Waals surface area contributed by atoms with Gasteiger partial charge >= 0.3 is 5.97 Å². The zero-order chi connectivity index (χ0) is 13.8. The molecule has 0 aliphatic heterocycles. The van der Waals surface area contributed by atoms with E-state index < -0.39 is 5.97 Å². The minimum Gasteiger partial charge on any atom is -0.461 e. The molecule has 0 unspecified atom stereocenters. The molecule has 0 fully saturated rings. The summed E-state index contributed by atoms with van der Waals surface area (Å²) in [7, 11) is 0. The van der Waals surface area contributed by atoms with Crippen LogP contribution in [-0.4, -0.2) is 27.5 Å². The summed E-state index contributed by atoms with van der Waals surface area (Å²) in [6.07, 6.45) is 1.59. The van der Waals surface area contributed by atoms with Crippen molar-refractivity contribution in [3.8, 4) is 11.5 Å². The number of nitrogens with zero attached hydrogens (tertiary/aromatic N) is 3. The molecule has 2 aromatic heterocycles. The molecule has 2 aromatic rings. The Bertz CT molecular complexity index is 604. The molecule has 2 rings (SSSR count). The maximum Gasteiger partial charge on any atom is 0.358 e. The number of ether oxygens (including phenoxy) is 1. The molecule has 6 nitrogen and oxygen atoms in total. The van der Waals surface area contributed by atoms with Gasteiger partial charge in [-0.3, -0.25) is 4.98 Å². The molecule has 98 valence electrons. The second-order valence-electron chi connectivity index (χ2n) is 3.53. The van der Waals surface area contributed by atoms with Crippen molar-refractivity contribution in [3.63, 3.8) is 0 Å². The Labute approximate surface area is 114 Å². The number of rotatable bonds is 3. The summed E-state index contributed by atoms with van der Waals surface area (Å²) in [5, 5.41) is -0.0156. The summed E-state index contributed by atoms with van der Waals surface area (Å²) < 4.78 is 4.87. The Balaban J connectivity index is 2.51. The van der Waals surface area contributed by atoms with Crippen LogP contribution < -0.4 is 5.73 Å². The van der Waals surface area contributed by atoms with Crippen LogP contribution >= 0.6 is 11.6 Å². The molecule has 2 N–H and O–H groups in total. The average Bonchev–Trinajstić information content (AvgIpc) is 2.43. The summed E-state index contributed by atoms with van der Waals surface area (Å²) in [5.74, 6) is -0.398. The number of esters is 1. The molecule has 0 aliphatic rings. The van der Waals surface area contributed by atoms with E-state index in [4.69, 9.17) is 22.1 Å². The summed E-state index contributed by atoms with van der Waals surface area (Å²) in [4.78, 5) is 23.9. The first-order valence-corrected chi connectivity index (χ1v) is 5.92. The third kappa shape index (κ3) is 2.79. The van der Waals surface area contributed by atoms with Gasteiger partial charge in [-0.15, -0.1) is 0 Å². The van der Waals surface area contributed by atoms with Gasteiger partial charge in [0.2, 0.25) is 0 Å². The molecular weight excluding hydrogens is 268 g/mol. The highest BCUT2D eigenvalue weighted by molar-refractivity contribution is 6.35. The molecule has 0 amide bonds. The van der Waals surface area contributed by atoms with Crippen LogP contribution in [0.5, 0.6) is 0 Å². The molecule has 0 saturated heterocycles. The fourth-order valence-electron chi connectivity index (χ4n) is 1.41. The maximum absolute atomic E-state index is 11.7. The van der Waals surface area contributed by atoms with E-state index in [9.17, 15) is 4.79 Å². The van der Waals surface area contributed by atoms with Gasteiger partial charge in [-0.25, -0.2) is 14.8 Å². The van der Waals surface area contributed by atoms with Gasteiger partial charge in [0.1, 0.15) is 16.5 Å². The van der Waals surface area contributed by atoms with Gasteiger partial charge in [-0.2, -0.15) is 0 Å². The first-order valence-electron chi connectivity index (χ1n) is 5.55. The van der Waals surface area contributed by atoms with Gasteiger partial charge in [-0.05, 0) is 19.1 Å². The van der Waals surface area contributed by atoms with Gasteiger partial charge in [0.25, 0.3) is 0 Å². The molecule has 2 heterocycles. The first-order chi connectivity index (χ1) is 9.13. The van der Waals surface area contributed by atoms with Gasteiger partial charge in [0.15, 0.2) is 11.5 Å². The number of aromatic nitrogens is 3. The zero-order valence-electron chi connectivity index (χ0n) is 10.1. The van der Waals surface area contributed by atoms with Crippen LogP contribution in [0.15, 0.2) is 24.4 Å². The van der Waals surface area contributed by atoms with Crippen LogP contribution in [-0.2, 0) is 4.74 Å². The van der Waals surface area contributed by atoms with Crippen LogP contribution in [0.3, 0.4) is 0 Å². The smallest absolute Gasteiger partial charge is 0.358 e. The molecule has 7 heteroatoms. The predicted octanol–water partition coefficient (Wildman–Crippen LogP) is 1.95. The topological polar surface area (TPSA) is 91.0 Å². The molecule has 0 saturated carbocycles. The number of hydrogen-bond acceptors (Lipinski definition) is 6. The van der Waals surface area contributed by atoms with Crippen molar-refractivity contribution in [2.45, 2.75) is 6.92 Å². The van der Waals surface area contributed by atoms with Gasteiger partial charge in [0.05, 0.1) is 6.61 Å². The lowest BCUT2D eigenvalue weighted by Crippen LogP contribution is -2.11. The highest BCUT2D eigenvalue weighted by atomic mass is 35.5. The van der Waals surface area contributed by atoms with E-state index in [1.807, 2.05) is 0 Å². The Hall–Kier alpha value is -2.21. The Kier molecular flexibility index (Phi) is 3.91. The standard InChI is InChI=1S/C12H11ClN4O2/c1-2-19-12(18)9-8(13)10(14)17-11(16-9)7-5-3-4-6-15-7/h3-6H,2H2,1H3,(H2,14,16,17). The van der Waals surface area contributed by atoms with Crippen LogP contribution in [0.4, 0.5) is 5.82 Å². The molecule has 0 spiro atoms. The Morgan fingerprint density at radius 3 is 2.84 bits per heavy atom. The minimum absolute atomic E-state index is 0.0142. The summed E-state index contributed by atoms with van der Waals surface area (Å²) in [5.41, 5.74) is 6.11. The molecule has 0 aliphatic carbocycles. The van der Waals surface area contributed by atoms with Crippen molar-refractivity contribution in [1.29, 1.82) is 0 Å². The lowest BCUT2D eigenvalue weighted by molar-refractivity contribution is 0.0519. The highest BCUT2D eigenvalue weighted by Crippen LogP contribution is 2.24. The number of carbonyl (C=O) groups is 1. The summed E-state index contributed by atoms with van der Waals surface area (Å²) in [6, 6.07) is 5.24. The van der Waals surface area contributed by atoms with Gasteiger partial charge in [-0.1, -0.05) is 17.7 Å². The molecule has 0 aromatic carbocycles. The number of hydrogen-bond donors (Lipinski definition) is 1. The minimum atomic E-state index is -0.640. The number of halogens is 1. The zero-order valence-corrected chi connectivity index (χ0v) is 10.9. The normalized spacial score (nSPS) is 10.2. The van der Waals surface area contributed by atoms with E-state index in [1.54, 1.807) is 31.3 Å².